The van der Waals surface area contributed by atoms with Crippen LogP contribution in [0, 0.1) is 5.92 Å². The summed E-state index contributed by atoms with van der Waals surface area (Å²) in [4.78, 5) is 15.0. The van der Waals surface area contributed by atoms with Crippen molar-refractivity contribution >= 4 is 5.78 Å². The molecule has 3 nitrogen and oxygen atoms in total. The Labute approximate surface area is 90.5 Å². The van der Waals surface area contributed by atoms with Crippen molar-refractivity contribution in [3.05, 3.63) is 24.0 Å². The zero-order chi connectivity index (χ0) is 11.3. The minimum absolute atomic E-state index is 0.137. The normalized spacial score (nSPS) is 10.4. The molecule has 0 N–H and O–H groups in total. The number of pyridine rings is 1. The topological polar surface area (TPSA) is 39.2 Å². The van der Waals surface area contributed by atoms with Crippen LogP contribution >= 0.6 is 0 Å². The lowest BCUT2D eigenvalue weighted by molar-refractivity contribution is -0.116. The molecule has 3 heteroatoms. The molecule has 0 amide bonds. The molecule has 0 saturated heterocycles. The minimum Gasteiger partial charge on any atom is -0.492 e. The quantitative estimate of drug-likeness (QED) is 0.743. The Hall–Kier alpha value is -1.38. The van der Waals surface area contributed by atoms with Gasteiger partial charge in [0.05, 0.1) is 12.8 Å². The van der Waals surface area contributed by atoms with Gasteiger partial charge in [0.15, 0.2) is 0 Å². The fourth-order valence-electron chi connectivity index (χ4n) is 1.19. The van der Waals surface area contributed by atoms with Crippen molar-refractivity contribution in [2.75, 3.05) is 6.61 Å². The summed E-state index contributed by atoms with van der Waals surface area (Å²) in [6.07, 6.45) is 3.79. The average Bonchev–Trinajstić information content (AvgIpc) is 2.14. The van der Waals surface area contributed by atoms with E-state index in [9.17, 15) is 4.79 Å². The summed E-state index contributed by atoms with van der Waals surface area (Å²) in [5.74, 6) is 1.36. The van der Waals surface area contributed by atoms with E-state index in [0.29, 0.717) is 18.9 Å². The number of carbonyl (C=O) groups is 1. The Morgan fingerprint density at radius 2 is 2.20 bits per heavy atom. The van der Waals surface area contributed by atoms with E-state index < -0.39 is 0 Å². The van der Waals surface area contributed by atoms with Gasteiger partial charge in [-0.25, -0.2) is 0 Å². The van der Waals surface area contributed by atoms with E-state index in [4.69, 9.17) is 4.74 Å². The maximum absolute atomic E-state index is 10.9. The molecule has 0 aliphatic heterocycles. The lowest BCUT2D eigenvalue weighted by Crippen LogP contribution is -2.05. The molecule has 0 bridgehead atoms. The second-order valence-electron chi connectivity index (χ2n) is 4.11. The highest BCUT2D eigenvalue weighted by Gasteiger charge is 2.01. The third-order valence-corrected chi connectivity index (χ3v) is 1.81. The monoisotopic (exact) mass is 207 g/mol. The number of nitrogens with zero attached hydrogens (tertiary/aromatic N) is 1. The number of hydrogen-bond donors (Lipinski definition) is 0. The fraction of sp³-hybridized carbons (Fsp3) is 0.500. The van der Waals surface area contributed by atoms with Crippen LogP contribution in [0.2, 0.25) is 0 Å². The van der Waals surface area contributed by atoms with E-state index in [1.54, 1.807) is 19.3 Å². The first-order chi connectivity index (χ1) is 7.08. The first kappa shape index (κ1) is 11.7. The lowest BCUT2D eigenvalue weighted by atomic mass is 10.1. The largest absolute Gasteiger partial charge is 0.492 e. The minimum atomic E-state index is 0.137. The summed E-state index contributed by atoms with van der Waals surface area (Å²) in [5.41, 5.74) is 0.906. The highest BCUT2D eigenvalue weighted by Crippen LogP contribution is 2.12. The van der Waals surface area contributed by atoms with Gasteiger partial charge in [-0.2, -0.15) is 0 Å². The molecule has 15 heavy (non-hydrogen) atoms. The Morgan fingerprint density at radius 1 is 1.47 bits per heavy atom. The van der Waals surface area contributed by atoms with Gasteiger partial charge in [0.1, 0.15) is 11.5 Å². The molecule has 82 valence electrons. The predicted octanol–water partition coefficient (Wildman–Crippen LogP) is 2.25. The van der Waals surface area contributed by atoms with Crippen LogP contribution in [0.25, 0.3) is 0 Å². The van der Waals surface area contributed by atoms with Crippen molar-refractivity contribution < 1.29 is 9.53 Å². The number of rotatable bonds is 5. The van der Waals surface area contributed by atoms with Gasteiger partial charge in [-0.15, -0.1) is 0 Å². The molecule has 0 aromatic carbocycles. The SMILES string of the molecule is CC(=O)Cc1cncc(OCC(C)C)c1. The Bertz CT molecular complexity index is 334. The van der Waals surface area contributed by atoms with E-state index in [1.807, 2.05) is 6.07 Å². The van der Waals surface area contributed by atoms with Gasteiger partial charge in [0.25, 0.3) is 0 Å². The molecule has 0 saturated carbocycles. The van der Waals surface area contributed by atoms with Crippen LogP contribution in [0.1, 0.15) is 26.3 Å². The van der Waals surface area contributed by atoms with E-state index in [2.05, 4.69) is 18.8 Å². The van der Waals surface area contributed by atoms with E-state index in [0.717, 1.165) is 11.3 Å². The number of aromatic nitrogens is 1. The number of ether oxygens (including phenoxy) is 1. The first-order valence-electron chi connectivity index (χ1n) is 5.14. The molecule has 0 atom stereocenters. The van der Waals surface area contributed by atoms with Crippen LogP contribution in [0.3, 0.4) is 0 Å². The molecular formula is C12H17NO2. The van der Waals surface area contributed by atoms with Crippen molar-refractivity contribution in [3.63, 3.8) is 0 Å². The predicted molar refractivity (Wildman–Crippen MR) is 59.0 cm³/mol. The molecule has 1 aromatic rings. The number of ketones is 1. The van der Waals surface area contributed by atoms with Crippen molar-refractivity contribution in [1.29, 1.82) is 0 Å². The first-order valence-corrected chi connectivity index (χ1v) is 5.14. The van der Waals surface area contributed by atoms with E-state index >= 15 is 0 Å². The molecule has 0 spiro atoms. The molecule has 0 radical (unpaired) electrons. The van der Waals surface area contributed by atoms with Gasteiger partial charge in [-0.1, -0.05) is 13.8 Å². The zero-order valence-corrected chi connectivity index (χ0v) is 9.49. The van der Waals surface area contributed by atoms with Gasteiger partial charge in [-0.3, -0.25) is 9.78 Å². The third-order valence-electron chi connectivity index (χ3n) is 1.81. The van der Waals surface area contributed by atoms with Crippen molar-refractivity contribution in [1.82, 2.24) is 4.98 Å². The average molecular weight is 207 g/mol. The van der Waals surface area contributed by atoms with Crippen LogP contribution in [-0.2, 0) is 11.2 Å². The van der Waals surface area contributed by atoms with Gasteiger partial charge in [-0.05, 0) is 24.5 Å². The summed E-state index contributed by atoms with van der Waals surface area (Å²) in [6.45, 7) is 6.42. The molecule has 0 unspecified atom stereocenters. The summed E-state index contributed by atoms with van der Waals surface area (Å²) >= 11 is 0. The third kappa shape index (κ3) is 4.58. The van der Waals surface area contributed by atoms with Crippen molar-refractivity contribution in [2.45, 2.75) is 27.2 Å². The second kappa shape index (κ2) is 5.49. The van der Waals surface area contributed by atoms with Crippen LogP contribution in [-0.4, -0.2) is 17.4 Å². The van der Waals surface area contributed by atoms with Crippen LogP contribution < -0.4 is 4.74 Å². The van der Waals surface area contributed by atoms with Crippen molar-refractivity contribution in [2.24, 2.45) is 5.92 Å². The van der Waals surface area contributed by atoms with Crippen molar-refractivity contribution in [3.8, 4) is 5.75 Å². The summed E-state index contributed by atoms with van der Waals surface area (Å²) in [6, 6.07) is 1.87. The smallest absolute Gasteiger partial charge is 0.137 e. The van der Waals surface area contributed by atoms with E-state index in [1.165, 1.54) is 0 Å². The Kier molecular flexibility index (Phi) is 4.28. The number of carbonyl (C=O) groups excluding carboxylic acids is 1. The number of hydrogen-bond acceptors (Lipinski definition) is 3. The molecule has 1 rings (SSSR count). The van der Waals surface area contributed by atoms with Gasteiger partial charge in [0.2, 0.25) is 0 Å². The van der Waals surface area contributed by atoms with Crippen LogP contribution in [0.5, 0.6) is 5.75 Å². The molecular weight excluding hydrogens is 190 g/mol. The molecule has 1 heterocycles. The molecule has 0 fully saturated rings. The van der Waals surface area contributed by atoms with Crippen LogP contribution in [0.15, 0.2) is 18.5 Å². The lowest BCUT2D eigenvalue weighted by Gasteiger charge is -2.08. The maximum atomic E-state index is 10.9. The highest BCUT2D eigenvalue weighted by atomic mass is 16.5. The molecule has 0 aliphatic rings. The van der Waals surface area contributed by atoms with Crippen LogP contribution in [0.4, 0.5) is 0 Å². The standard InChI is InChI=1S/C12H17NO2/c1-9(2)8-15-12-5-11(4-10(3)14)6-13-7-12/h5-7,9H,4,8H2,1-3H3. The summed E-state index contributed by atoms with van der Waals surface area (Å²) in [5, 5.41) is 0. The number of Topliss-reactive ketones (excluding diaryl/α,β-unsaturated/α-hetero) is 1. The summed E-state index contributed by atoms with van der Waals surface area (Å²) in [7, 11) is 0. The molecule has 1 aromatic heterocycles. The Morgan fingerprint density at radius 3 is 2.80 bits per heavy atom. The van der Waals surface area contributed by atoms with E-state index in [-0.39, 0.29) is 5.78 Å². The fourth-order valence-corrected chi connectivity index (χ4v) is 1.19. The molecule has 0 aliphatic carbocycles. The second-order valence-corrected chi connectivity index (χ2v) is 4.11. The van der Waals surface area contributed by atoms with Gasteiger partial charge in [0, 0.05) is 12.6 Å². The highest BCUT2D eigenvalue weighted by molar-refractivity contribution is 5.78. The summed E-state index contributed by atoms with van der Waals surface area (Å²) < 4.78 is 5.52. The maximum Gasteiger partial charge on any atom is 0.137 e. The van der Waals surface area contributed by atoms with Gasteiger partial charge >= 0.3 is 0 Å². The zero-order valence-electron chi connectivity index (χ0n) is 9.49. The van der Waals surface area contributed by atoms with Gasteiger partial charge < -0.3 is 4.74 Å². The Balaban J connectivity index is 2.61.